The van der Waals surface area contributed by atoms with Crippen molar-refractivity contribution in [3.05, 3.63) is 30.2 Å². The Labute approximate surface area is 114 Å². The number of aromatic nitrogens is 1. The summed E-state index contributed by atoms with van der Waals surface area (Å²) in [4.78, 5) is 4.59. The second-order valence-electron chi connectivity index (χ2n) is 5.64. The van der Waals surface area contributed by atoms with Crippen LogP contribution in [-0.4, -0.2) is 17.6 Å². The molecule has 0 bridgehead atoms. The number of nitrogens with one attached hydrogen (secondary N) is 1. The predicted octanol–water partition coefficient (Wildman–Crippen LogP) is 3.39. The number of fused-ring (bicyclic) bond motifs is 1. The van der Waals surface area contributed by atoms with Gasteiger partial charge in [0, 0.05) is 12.5 Å². The number of oxazole rings is 1. The van der Waals surface area contributed by atoms with E-state index in [2.05, 4.69) is 24.1 Å². The molecule has 1 aromatic heterocycles. The van der Waals surface area contributed by atoms with Gasteiger partial charge in [-0.1, -0.05) is 26.0 Å². The molecule has 1 heterocycles. The van der Waals surface area contributed by atoms with Gasteiger partial charge in [0.05, 0.1) is 0 Å². The highest BCUT2D eigenvalue weighted by Gasteiger charge is 2.33. The number of hydrogen-bond acceptors (Lipinski definition) is 3. The zero-order valence-corrected chi connectivity index (χ0v) is 11.7. The van der Waals surface area contributed by atoms with Crippen LogP contribution >= 0.6 is 0 Å². The minimum atomic E-state index is 0.477. The molecule has 0 radical (unpaired) electrons. The van der Waals surface area contributed by atoms with Crippen LogP contribution in [0.15, 0.2) is 28.7 Å². The van der Waals surface area contributed by atoms with Crippen molar-refractivity contribution in [1.82, 2.24) is 10.3 Å². The summed E-state index contributed by atoms with van der Waals surface area (Å²) < 4.78 is 5.84. The summed E-state index contributed by atoms with van der Waals surface area (Å²) in [5.41, 5.74) is 1.86. The molecule has 0 saturated heterocycles. The van der Waals surface area contributed by atoms with Crippen LogP contribution in [0.1, 0.15) is 32.6 Å². The molecule has 2 atom stereocenters. The lowest BCUT2D eigenvalue weighted by Gasteiger charge is -2.23. The molecule has 0 amide bonds. The van der Waals surface area contributed by atoms with Crippen molar-refractivity contribution in [2.24, 2.45) is 11.8 Å². The smallest absolute Gasteiger partial charge is 0.197 e. The Bertz CT molecular complexity index is 511. The fourth-order valence-electron chi connectivity index (χ4n) is 2.85. The van der Waals surface area contributed by atoms with Gasteiger partial charge < -0.3 is 9.73 Å². The van der Waals surface area contributed by atoms with Gasteiger partial charge in [-0.25, -0.2) is 4.98 Å². The summed E-state index contributed by atoms with van der Waals surface area (Å²) >= 11 is 0. The molecule has 19 heavy (non-hydrogen) atoms. The number of para-hydroxylation sites is 2. The monoisotopic (exact) mass is 258 g/mol. The molecule has 1 N–H and O–H groups in total. The Hall–Kier alpha value is -1.35. The summed E-state index contributed by atoms with van der Waals surface area (Å²) in [6, 6.07) is 8.47. The molecule has 2 aromatic rings. The Morgan fingerprint density at radius 1 is 1.37 bits per heavy atom. The van der Waals surface area contributed by atoms with Crippen LogP contribution < -0.4 is 5.32 Å². The van der Waals surface area contributed by atoms with E-state index in [9.17, 15) is 0 Å². The maximum Gasteiger partial charge on any atom is 0.197 e. The average Bonchev–Trinajstić information content (AvgIpc) is 3.17. The topological polar surface area (TPSA) is 38.1 Å². The normalized spacial score (nSPS) is 18.6. The minimum absolute atomic E-state index is 0.477. The predicted molar refractivity (Wildman–Crippen MR) is 77.1 cm³/mol. The van der Waals surface area contributed by atoms with Crippen LogP contribution in [0.5, 0.6) is 0 Å². The second kappa shape index (κ2) is 5.33. The molecule has 1 fully saturated rings. The minimum Gasteiger partial charge on any atom is -0.441 e. The molecule has 1 saturated carbocycles. The molecule has 3 heteroatoms. The molecule has 1 aliphatic rings. The number of hydrogen-bond donors (Lipinski definition) is 1. The quantitative estimate of drug-likeness (QED) is 0.863. The van der Waals surface area contributed by atoms with Gasteiger partial charge in [0.25, 0.3) is 0 Å². The van der Waals surface area contributed by atoms with Gasteiger partial charge >= 0.3 is 0 Å². The largest absolute Gasteiger partial charge is 0.441 e. The lowest BCUT2D eigenvalue weighted by Crippen LogP contribution is -2.37. The van der Waals surface area contributed by atoms with Crippen molar-refractivity contribution in [3.8, 4) is 0 Å². The SMILES string of the molecule is CCNC(Cc1nc2ccccc2o1)C(C)C1CC1. The Morgan fingerprint density at radius 3 is 2.84 bits per heavy atom. The van der Waals surface area contributed by atoms with Crippen molar-refractivity contribution >= 4 is 11.1 Å². The molecular weight excluding hydrogens is 236 g/mol. The molecule has 0 spiro atoms. The van der Waals surface area contributed by atoms with Gasteiger partial charge in [0.1, 0.15) is 5.52 Å². The first kappa shape index (κ1) is 12.7. The fraction of sp³-hybridized carbons (Fsp3) is 0.562. The van der Waals surface area contributed by atoms with Crippen LogP contribution in [-0.2, 0) is 6.42 Å². The molecule has 3 rings (SSSR count). The van der Waals surface area contributed by atoms with Crippen molar-refractivity contribution in [1.29, 1.82) is 0 Å². The summed E-state index contributed by atoms with van der Waals surface area (Å²) in [5.74, 6) is 2.46. The highest BCUT2D eigenvalue weighted by molar-refractivity contribution is 5.72. The standard InChI is InChI=1S/C16H22N2O/c1-3-17-14(11(2)12-8-9-12)10-16-18-13-6-4-5-7-15(13)19-16/h4-7,11-12,14,17H,3,8-10H2,1-2H3. The highest BCUT2D eigenvalue weighted by Crippen LogP contribution is 2.38. The summed E-state index contributed by atoms with van der Waals surface area (Å²) in [7, 11) is 0. The third-order valence-electron chi connectivity index (χ3n) is 4.20. The summed E-state index contributed by atoms with van der Waals surface area (Å²) in [6.45, 7) is 5.52. The lowest BCUT2D eigenvalue weighted by molar-refractivity contribution is 0.325. The first-order valence-corrected chi connectivity index (χ1v) is 7.35. The second-order valence-corrected chi connectivity index (χ2v) is 5.64. The molecule has 3 nitrogen and oxygen atoms in total. The Kier molecular flexibility index (Phi) is 3.56. The van der Waals surface area contributed by atoms with E-state index in [1.54, 1.807) is 0 Å². The van der Waals surface area contributed by atoms with E-state index in [-0.39, 0.29) is 0 Å². The molecule has 2 unspecified atom stereocenters. The van der Waals surface area contributed by atoms with Crippen LogP contribution in [0.3, 0.4) is 0 Å². The van der Waals surface area contributed by atoms with E-state index < -0.39 is 0 Å². The highest BCUT2D eigenvalue weighted by atomic mass is 16.3. The van der Waals surface area contributed by atoms with Gasteiger partial charge in [-0.3, -0.25) is 0 Å². The fourth-order valence-corrected chi connectivity index (χ4v) is 2.85. The number of benzene rings is 1. The van der Waals surface area contributed by atoms with E-state index in [0.29, 0.717) is 12.0 Å². The lowest BCUT2D eigenvalue weighted by atomic mass is 9.94. The van der Waals surface area contributed by atoms with Crippen LogP contribution in [0.2, 0.25) is 0 Å². The summed E-state index contributed by atoms with van der Waals surface area (Å²) in [5, 5.41) is 3.60. The Balaban J connectivity index is 1.76. The van der Waals surface area contributed by atoms with Gasteiger partial charge in [-0.05, 0) is 43.4 Å². The Morgan fingerprint density at radius 2 is 2.16 bits per heavy atom. The zero-order chi connectivity index (χ0) is 13.2. The van der Waals surface area contributed by atoms with Gasteiger partial charge in [-0.15, -0.1) is 0 Å². The zero-order valence-electron chi connectivity index (χ0n) is 11.7. The molecule has 0 aliphatic heterocycles. The third-order valence-corrected chi connectivity index (χ3v) is 4.20. The van der Waals surface area contributed by atoms with E-state index in [0.717, 1.165) is 35.9 Å². The molecule has 1 aromatic carbocycles. The van der Waals surface area contributed by atoms with Crippen molar-refractivity contribution in [2.75, 3.05) is 6.54 Å². The molecule has 102 valence electrons. The van der Waals surface area contributed by atoms with Crippen LogP contribution in [0, 0.1) is 11.8 Å². The number of nitrogens with zero attached hydrogens (tertiary/aromatic N) is 1. The average molecular weight is 258 g/mol. The molecular formula is C16H22N2O. The van der Waals surface area contributed by atoms with E-state index in [1.165, 1.54) is 12.8 Å². The van der Waals surface area contributed by atoms with Crippen molar-refractivity contribution in [2.45, 2.75) is 39.2 Å². The van der Waals surface area contributed by atoms with Gasteiger partial charge in [0.2, 0.25) is 0 Å². The van der Waals surface area contributed by atoms with Crippen LogP contribution in [0.25, 0.3) is 11.1 Å². The first-order valence-electron chi connectivity index (χ1n) is 7.35. The number of likely N-dealkylation sites (N-methyl/N-ethyl adjacent to an activating group) is 1. The number of rotatable bonds is 6. The van der Waals surface area contributed by atoms with Crippen LogP contribution in [0.4, 0.5) is 0 Å². The summed E-state index contributed by atoms with van der Waals surface area (Å²) in [6.07, 6.45) is 3.66. The van der Waals surface area contributed by atoms with Gasteiger partial charge in [-0.2, -0.15) is 0 Å². The van der Waals surface area contributed by atoms with E-state index in [4.69, 9.17) is 4.42 Å². The van der Waals surface area contributed by atoms with Crippen molar-refractivity contribution < 1.29 is 4.42 Å². The van der Waals surface area contributed by atoms with E-state index >= 15 is 0 Å². The molecule has 1 aliphatic carbocycles. The van der Waals surface area contributed by atoms with Crippen molar-refractivity contribution in [3.63, 3.8) is 0 Å². The first-order chi connectivity index (χ1) is 9.28. The maximum atomic E-state index is 5.84. The van der Waals surface area contributed by atoms with Gasteiger partial charge in [0.15, 0.2) is 11.5 Å². The maximum absolute atomic E-state index is 5.84. The third kappa shape index (κ3) is 2.81. The van der Waals surface area contributed by atoms with E-state index in [1.807, 2.05) is 24.3 Å².